The highest BCUT2D eigenvalue weighted by Gasteiger charge is 2.21. The Balaban J connectivity index is 2.56. The summed E-state index contributed by atoms with van der Waals surface area (Å²) in [5.74, 6) is -1.74. The minimum atomic E-state index is -0.899. The molecule has 70 valence electrons. The molecule has 0 spiro atoms. The van der Waals surface area contributed by atoms with Gasteiger partial charge in [-0.25, -0.2) is 4.39 Å². The third kappa shape index (κ3) is 1.22. The van der Waals surface area contributed by atoms with E-state index in [0.29, 0.717) is 18.8 Å². The van der Waals surface area contributed by atoms with Crippen molar-refractivity contribution in [1.29, 1.82) is 0 Å². The van der Waals surface area contributed by atoms with Crippen molar-refractivity contribution < 1.29 is 13.5 Å². The lowest BCUT2D eigenvalue weighted by molar-refractivity contribution is 0.289. The normalized spacial score (nSPS) is 15.2. The Kier molecular flexibility index (Phi) is 1.83. The van der Waals surface area contributed by atoms with Gasteiger partial charge in [0.1, 0.15) is 6.61 Å². The summed E-state index contributed by atoms with van der Waals surface area (Å²) in [6, 6.07) is 2.63. The zero-order valence-electron chi connectivity index (χ0n) is 7.18. The fourth-order valence-corrected chi connectivity index (χ4v) is 1.36. The molecule has 0 fully saturated rings. The second-order valence-electron chi connectivity index (χ2n) is 2.98. The summed E-state index contributed by atoms with van der Waals surface area (Å²) in [6.45, 7) is 1.09. The molecule has 0 aliphatic carbocycles. The van der Waals surface area contributed by atoms with Crippen LogP contribution in [0.4, 0.5) is 14.5 Å². The molecule has 13 heavy (non-hydrogen) atoms. The number of anilines is 1. The summed E-state index contributed by atoms with van der Waals surface area (Å²) in [6.07, 6.45) is 0. The van der Waals surface area contributed by atoms with Crippen LogP contribution in [0.1, 0.15) is 0 Å². The summed E-state index contributed by atoms with van der Waals surface area (Å²) in [7, 11) is 1.82. The molecule has 1 heterocycles. The van der Waals surface area contributed by atoms with Crippen LogP contribution in [-0.4, -0.2) is 20.2 Å². The van der Waals surface area contributed by atoms with Gasteiger partial charge in [-0.05, 0) is 12.1 Å². The Morgan fingerprint density at radius 1 is 1.38 bits per heavy atom. The van der Waals surface area contributed by atoms with Gasteiger partial charge in [0, 0.05) is 7.05 Å². The van der Waals surface area contributed by atoms with E-state index in [2.05, 4.69) is 0 Å². The number of hydrogen-bond donors (Lipinski definition) is 0. The van der Waals surface area contributed by atoms with Crippen molar-refractivity contribution in [3.8, 4) is 5.75 Å². The number of fused-ring (bicyclic) bond motifs is 1. The lowest BCUT2D eigenvalue weighted by atomic mass is 10.2. The highest BCUT2D eigenvalue weighted by molar-refractivity contribution is 5.60. The number of rotatable bonds is 0. The predicted octanol–water partition coefficient (Wildman–Crippen LogP) is 1.79. The Labute approximate surface area is 74.7 Å². The van der Waals surface area contributed by atoms with Gasteiger partial charge in [0.25, 0.3) is 0 Å². The molecule has 0 aromatic heterocycles. The summed E-state index contributed by atoms with van der Waals surface area (Å²) >= 11 is 0. The van der Waals surface area contributed by atoms with Gasteiger partial charge < -0.3 is 9.64 Å². The van der Waals surface area contributed by atoms with Crippen molar-refractivity contribution in [3.63, 3.8) is 0 Å². The van der Waals surface area contributed by atoms with Gasteiger partial charge in [0.2, 0.25) is 5.82 Å². The smallest absolute Gasteiger partial charge is 0.202 e. The van der Waals surface area contributed by atoms with E-state index < -0.39 is 11.6 Å². The van der Waals surface area contributed by atoms with E-state index >= 15 is 0 Å². The first-order chi connectivity index (χ1) is 6.20. The van der Waals surface area contributed by atoms with Crippen molar-refractivity contribution in [2.45, 2.75) is 0 Å². The van der Waals surface area contributed by atoms with Crippen LogP contribution in [0.2, 0.25) is 0 Å². The molecule has 0 amide bonds. The molecule has 1 aromatic rings. The highest BCUT2D eigenvalue weighted by atomic mass is 19.2. The van der Waals surface area contributed by atoms with Gasteiger partial charge in [-0.2, -0.15) is 4.39 Å². The van der Waals surface area contributed by atoms with Gasteiger partial charge in [-0.15, -0.1) is 0 Å². The molecule has 1 aromatic carbocycles. The van der Waals surface area contributed by atoms with Crippen molar-refractivity contribution in [1.82, 2.24) is 0 Å². The third-order valence-corrected chi connectivity index (χ3v) is 2.11. The number of halogens is 2. The molecular weight excluding hydrogens is 176 g/mol. The molecule has 4 heteroatoms. The highest BCUT2D eigenvalue weighted by Crippen LogP contribution is 2.34. The number of likely N-dealkylation sites (N-methyl/N-ethyl adjacent to an activating group) is 1. The van der Waals surface area contributed by atoms with E-state index in [4.69, 9.17) is 4.74 Å². The summed E-state index contributed by atoms with van der Waals surface area (Å²) in [5.41, 5.74) is 0.602. The van der Waals surface area contributed by atoms with Gasteiger partial charge >= 0.3 is 0 Å². The Bertz CT molecular complexity index is 341. The average Bonchev–Trinajstić information content (AvgIpc) is 2.12. The van der Waals surface area contributed by atoms with Crippen LogP contribution in [0, 0.1) is 11.6 Å². The molecule has 0 bridgehead atoms. The van der Waals surface area contributed by atoms with E-state index in [0.717, 1.165) is 6.07 Å². The van der Waals surface area contributed by atoms with Crippen molar-refractivity contribution >= 4 is 5.69 Å². The first-order valence-corrected chi connectivity index (χ1v) is 4.02. The average molecular weight is 185 g/mol. The fraction of sp³-hybridized carbons (Fsp3) is 0.333. The number of benzene rings is 1. The number of nitrogens with zero attached hydrogens (tertiary/aromatic N) is 1. The SMILES string of the molecule is CN1CCOc2c1ccc(F)c2F. The topological polar surface area (TPSA) is 12.5 Å². The van der Waals surface area contributed by atoms with Crippen LogP contribution in [-0.2, 0) is 0 Å². The van der Waals surface area contributed by atoms with Crippen LogP contribution in [0.15, 0.2) is 12.1 Å². The van der Waals surface area contributed by atoms with E-state index in [1.165, 1.54) is 6.07 Å². The maximum absolute atomic E-state index is 13.1. The van der Waals surface area contributed by atoms with E-state index in [1.807, 2.05) is 11.9 Å². The molecule has 0 saturated carbocycles. The second-order valence-corrected chi connectivity index (χ2v) is 2.98. The third-order valence-electron chi connectivity index (χ3n) is 2.11. The van der Waals surface area contributed by atoms with Gasteiger partial charge in [-0.1, -0.05) is 0 Å². The predicted molar refractivity (Wildman–Crippen MR) is 45.1 cm³/mol. The van der Waals surface area contributed by atoms with E-state index in [1.54, 1.807) is 0 Å². The van der Waals surface area contributed by atoms with E-state index in [9.17, 15) is 8.78 Å². The zero-order valence-corrected chi connectivity index (χ0v) is 7.18. The Morgan fingerprint density at radius 3 is 2.92 bits per heavy atom. The monoisotopic (exact) mass is 185 g/mol. The minimum Gasteiger partial charge on any atom is -0.486 e. The van der Waals surface area contributed by atoms with Gasteiger partial charge in [0.15, 0.2) is 11.6 Å². The standard InChI is InChI=1S/C9H9F2NO/c1-12-4-5-13-9-7(12)3-2-6(10)8(9)11/h2-3H,4-5H2,1H3. The molecule has 0 atom stereocenters. The van der Waals surface area contributed by atoms with Crippen molar-refractivity contribution in [3.05, 3.63) is 23.8 Å². The number of ether oxygens (including phenoxy) is 1. The fourth-order valence-electron chi connectivity index (χ4n) is 1.36. The molecule has 2 nitrogen and oxygen atoms in total. The lowest BCUT2D eigenvalue weighted by Crippen LogP contribution is -2.29. The van der Waals surface area contributed by atoms with Gasteiger partial charge in [-0.3, -0.25) is 0 Å². The van der Waals surface area contributed by atoms with Crippen molar-refractivity contribution in [2.75, 3.05) is 25.1 Å². The quantitative estimate of drug-likeness (QED) is 0.611. The minimum absolute atomic E-state index is 0.0220. The van der Waals surface area contributed by atoms with Crippen LogP contribution < -0.4 is 9.64 Å². The molecule has 1 aliphatic rings. The lowest BCUT2D eigenvalue weighted by Gasteiger charge is -2.27. The maximum atomic E-state index is 13.1. The zero-order chi connectivity index (χ0) is 9.42. The first kappa shape index (κ1) is 8.29. The molecule has 1 aliphatic heterocycles. The molecule has 0 unspecified atom stereocenters. The Morgan fingerprint density at radius 2 is 2.15 bits per heavy atom. The summed E-state index contributed by atoms with van der Waals surface area (Å²) in [5, 5.41) is 0. The van der Waals surface area contributed by atoms with Crippen molar-refractivity contribution in [2.24, 2.45) is 0 Å². The summed E-state index contributed by atoms with van der Waals surface area (Å²) in [4.78, 5) is 1.83. The number of hydrogen-bond acceptors (Lipinski definition) is 2. The molecule has 2 rings (SSSR count). The molecule has 0 radical (unpaired) electrons. The molecule has 0 N–H and O–H groups in total. The van der Waals surface area contributed by atoms with E-state index in [-0.39, 0.29) is 5.75 Å². The first-order valence-electron chi connectivity index (χ1n) is 4.02. The maximum Gasteiger partial charge on any atom is 0.202 e. The van der Waals surface area contributed by atoms with Crippen LogP contribution in [0.3, 0.4) is 0 Å². The van der Waals surface area contributed by atoms with Gasteiger partial charge in [0.05, 0.1) is 12.2 Å². The van der Waals surface area contributed by atoms with Crippen LogP contribution in [0.5, 0.6) is 5.75 Å². The Hall–Kier alpha value is -1.32. The van der Waals surface area contributed by atoms with Crippen LogP contribution in [0.25, 0.3) is 0 Å². The summed E-state index contributed by atoms with van der Waals surface area (Å²) < 4.78 is 30.9. The molecular formula is C9H9F2NO. The largest absolute Gasteiger partial charge is 0.486 e. The molecule has 0 saturated heterocycles. The second kappa shape index (κ2) is 2.87. The van der Waals surface area contributed by atoms with Crippen LogP contribution >= 0.6 is 0 Å².